The molecule has 0 aliphatic rings. The molecule has 0 bridgehead atoms. The summed E-state index contributed by atoms with van der Waals surface area (Å²) >= 11 is 3.75. The third-order valence-electron chi connectivity index (χ3n) is 2.64. The van der Waals surface area contributed by atoms with E-state index in [1.165, 1.54) is 0 Å². The summed E-state index contributed by atoms with van der Waals surface area (Å²) in [5.41, 5.74) is 2.06. The first-order chi connectivity index (χ1) is 8.81. The van der Waals surface area contributed by atoms with Gasteiger partial charge in [-0.25, -0.2) is 4.79 Å². The molecular formula is C14H14N2OS. The lowest BCUT2D eigenvalue weighted by atomic mass is 9.99. The number of carbonyl (C=O) groups excluding carboxylic acids is 1. The second-order valence-corrected chi connectivity index (χ2v) is 4.06. The molecule has 0 aromatic heterocycles. The Morgan fingerprint density at radius 2 is 1.33 bits per heavy atom. The minimum absolute atomic E-state index is 0.181. The van der Waals surface area contributed by atoms with E-state index in [0.29, 0.717) is 0 Å². The average Bonchev–Trinajstić information content (AvgIpc) is 2.46. The summed E-state index contributed by atoms with van der Waals surface area (Å²) in [4.78, 5) is 11.5. The molecule has 2 amide bonds. The number of amides is 2. The van der Waals surface area contributed by atoms with Gasteiger partial charge in [0.05, 0.1) is 6.04 Å². The number of hydrogen-bond acceptors (Lipinski definition) is 2. The van der Waals surface area contributed by atoms with Crippen molar-refractivity contribution < 1.29 is 4.79 Å². The summed E-state index contributed by atoms with van der Waals surface area (Å²) in [5, 5.41) is 2.87. The third-order valence-corrected chi connectivity index (χ3v) is 2.85. The van der Waals surface area contributed by atoms with Crippen molar-refractivity contribution in [2.75, 3.05) is 0 Å². The van der Waals surface area contributed by atoms with E-state index in [1.807, 2.05) is 60.7 Å². The highest BCUT2D eigenvalue weighted by Gasteiger charge is 2.15. The Hall–Kier alpha value is -1.94. The van der Waals surface area contributed by atoms with Gasteiger partial charge in [-0.05, 0) is 11.1 Å². The van der Waals surface area contributed by atoms with Crippen LogP contribution < -0.4 is 10.0 Å². The number of urea groups is 1. The zero-order valence-electron chi connectivity index (χ0n) is 9.71. The van der Waals surface area contributed by atoms with E-state index in [4.69, 9.17) is 0 Å². The van der Waals surface area contributed by atoms with Crippen LogP contribution in [0.4, 0.5) is 4.79 Å². The minimum Gasteiger partial charge on any atom is -0.327 e. The van der Waals surface area contributed by atoms with Gasteiger partial charge < -0.3 is 5.32 Å². The molecule has 92 valence electrons. The molecule has 4 heteroatoms. The lowest BCUT2D eigenvalue weighted by Gasteiger charge is -2.19. The summed E-state index contributed by atoms with van der Waals surface area (Å²) in [6.07, 6.45) is 0. The second kappa shape index (κ2) is 6.12. The van der Waals surface area contributed by atoms with Crippen molar-refractivity contribution in [2.24, 2.45) is 0 Å². The fourth-order valence-corrected chi connectivity index (χ4v) is 1.88. The van der Waals surface area contributed by atoms with E-state index in [2.05, 4.69) is 22.9 Å². The fourth-order valence-electron chi connectivity index (χ4n) is 1.81. The Kier molecular flexibility index (Phi) is 4.25. The molecule has 0 heterocycles. The van der Waals surface area contributed by atoms with E-state index in [1.54, 1.807) is 0 Å². The van der Waals surface area contributed by atoms with Gasteiger partial charge in [-0.15, -0.1) is 0 Å². The molecular weight excluding hydrogens is 244 g/mol. The standard InChI is InChI=1S/C14H14N2OS/c17-14(16-18)15-13(11-7-3-1-4-8-11)12-9-5-2-6-10-12/h1-10,13,18H,(H2,15,16,17). The first-order valence-corrected chi connectivity index (χ1v) is 6.06. The summed E-state index contributed by atoms with van der Waals surface area (Å²) in [6, 6.07) is 19.1. The Morgan fingerprint density at radius 3 is 1.72 bits per heavy atom. The van der Waals surface area contributed by atoms with Crippen LogP contribution in [0.2, 0.25) is 0 Å². The third kappa shape index (κ3) is 3.05. The van der Waals surface area contributed by atoms with Gasteiger partial charge in [0.15, 0.2) is 0 Å². The predicted octanol–water partition coefficient (Wildman–Crippen LogP) is 2.92. The van der Waals surface area contributed by atoms with E-state index in [0.717, 1.165) is 11.1 Å². The molecule has 2 aromatic carbocycles. The molecule has 3 nitrogen and oxygen atoms in total. The molecule has 2 N–H and O–H groups in total. The van der Waals surface area contributed by atoms with Crippen molar-refractivity contribution >= 4 is 18.8 Å². The van der Waals surface area contributed by atoms with E-state index in [9.17, 15) is 4.79 Å². The molecule has 0 saturated heterocycles. The van der Waals surface area contributed by atoms with Gasteiger partial charge in [0, 0.05) is 0 Å². The SMILES string of the molecule is O=C(NS)NC(c1ccccc1)c1ccccc1. The largest absolute Gasteiger partial charge is 0.327 e. The number of benzene rings is 2. The zero-order chi connectivity index (χ0) is 12.8. The monoisotopic (exact) mass is 258 g/mol. The Balaban J connectivity index is 2.32. The smallest absolute Gasteiger partial charge is 0.325 e. The molecule has 0 atom stereocenters. The van der Waals surface area contributed by atoms with Gasteiger partial charge in [0.1, 0.15) is 0 Å². The molecule has 0 radical (unpaired) electrons. The number of carbonyl (C=O) groups is 1. The number of hydrogen-bond donors (Lipinski definition) is 3. The maximum atomic E-state index is 11.5. The first kappa shape index (κ1) is 12.5. The van der Waals surface area contributed by atoms with Crippen molar-refractivity contribution in [2.45, 2.75) is 6.04 Å². The Morgan fingerprint density at radius 1 is 0.889 bits per heavy atom. The molecule has 2 rings (SSSR count). The summed E-state index contributed by atoms with van der Waals surface area (Å²) in [6.45, 7) is 0. The van der Waals surface area contributed by atoms with Crippen molar-refractivity contribution in [3.8, 4) is 0 Å². The quantitative estimate of drug-likeness (QED) is 0.728. The van der Waals surface area contributed by atoms with Crippen LogP contribution in [0.3, 0.4) is 0 Å². The van der Waals surface area contributed by atoms with Gasteiger partial charge in [-0.1, -0.05) is 73.5 Å². The predicted molar refractivity (Wildman–Crippen MR) is 75.4 cm³/mol. The average molecular weight is 258 g/mol. The highest BCUT2D eigenvalue weighted by Crippen LogP contribution is 2.21. The molecule has 0 spiro atoms. The Labute approximate surface area is 112 Å². The van der Waals surface area contributed by atoms with E-state index >= 15 is 0 Å². The molecule has 0 saturated carbocycles. The minimum atomic E-state index is -0.323. The van der Waals surface area contributed by atoms with Crippen LogP contribution >= 0.6 is 12.8 Å². The highest BCUT2D eigenvalue weighted by atomic mass is 32.1. The number of rotatable bonds is 3. The second-order valence-electron chi connectivity index (χ2n) is 3.84. The summed E-state index contributed by atoms with van der Waals surface area (Å²) < 4.78 is 2.28. The van der Waals surface area contributed by atoms with Crippen LogP contribution in [0.15, 0.2) is 60.7 Å². The van der Waals surface area contributed by atoms with Crippen LogP contribution in [-0.4, -0.2) is 6.03 Å². The number of thiol groups is 1. The lowest BCUT2D eigenvalue weighted by Crippen LogP contribution is -2.34. The normalized spacial score (nSPS) is 10.1. The van der Waals surface area contributed by atoms with Crippen LogP contribution in [0, 0.1) is 0 Å². The van der Waals surface area contributed by atoms with Crippen molar-refractivity contribution in [1.82, 2.24) is 10.0 Å². The lowest BCUT2D eigenvalue weighted by molar-refractivity contribution is 0.244. The van der Waals surface area contributed by atoms with Crippen LogP contribution in [0.1, 0.15) is 17.2 Å². The molecule has 18 heavy (non-hydrogen) atoms. The topological polar surface area (TPSA) is 41.1 Å². The molecule has 0 aliphatic carbocycles. The van der Waals surface area contributed by atoms with Crippen LogP contribution in [0.5, 0.6) is 0 Å². The zero-order valence-corrected chi connectivity index (χ0v) is 10.6. The van der Waals surface area contributed by atoms with Crippen molar-refractivity contribution in [3.05, 3.63) is 71.8 Å². The summed E-state index contributed by atoms with van der Waals surface area (Å²) in [5.74, 6) is 0. The van der Waals surface area contributed by atoms with E-state index < -0.39 is 0 Å². The van der Waals surface area contributed by atoms with E-state index in [-0.39, 0.29) is 12.1 Å². The van der Waals surface area contributed by atoms with Gasteiger partial charge in [0.2, 0.25) is 0 Å². The molecule has 0 aliphatic heterocycles. The fraction of sp³-hybridized carbons (Fsp3) is 0.0714. The van der Waals surface area contributed by atoms with Gasteiger partial charge >= 0.3 is 6.03 Å². The molecule has 2 aromatic rings. The molecule has 0 unspecified atom stereocenters. The van der Waals surface area contributed by atoms with Gasteiger partial charge in [-0.3, -0.25) is 4.72 Å². The summed E-state index contributed by atoms with van der Waals surface area (Å²) in [7, 11) is 0. The maximum absolute atomic E-state index is 11.5. The molecule has 0 fully saturated rings. The number of nitrogens with one attached hydrogen (secondary N) is 2. The van der Waals surface area contributed by atoms with Crippen molar-refractivity contribution in [1.29, 1.82) is 0 Å². The highest BCUT2D eigenvalue weighted by molar-refractivity contribution is 7.78. The van der Waals surface area contributed by atoms with Gasteiger partial charge in [0.25, 0.3) is 0 Å². The van der Waals surface area contributed by atoms with Crippen molar-refractivity contribution in [3.63, 3.8) is 0 Å². The Bertz CT molecular complexity index is 462. The maximum Gasteiger partial charge on any atom is 0.325 e. The van der Waals surface area contributed by atoms with Crippen LogP contribution in [-0.2, 0) is 0 Å². The van der Waals surface area contributed by atoms with Crippen LogP contribution in [0.25, 0.3) is 0 Å². The first-order valence-electron chi connectivity index (χ1n) is 5.62. The van der Waals surface area contributed by atoms with Gasteiger partial charge in [-0.2, -0.15) is 0 Å².